The molecule has 0 N–H and O–H groups in total. The van der Waals surface area contributed by atoms with Gasteiger partial charge in [0.1, 0.15) is 5.69 Å². The van der Waals surface area contributed by atoms with Gasteiger partial charge in [0.05, 0.1) is 30.0 Å². The van der Waals surface area contributed by atoms with Crippen molar-refractivity contribution in [3.05, 3.63) is 34.0 Å². The Balaban J connectivity index is 1.89. The monoisotopic (exact) mass is 292 g/mol. The molecule has 3 heterocycles. The maximum absolute atomic E-state index is 12.7. The molecular weight excluding hydrogens is 276 g/mol. The van der Waals surface area contributed by atoms with Gasteiger partial charge in [0, 0.05) is 25.2 Å². The highest BCUT2D eigenvalue weighted by Crippen LogP contribution is 2.26. The Morgan fingerprint density at radius 1 is 1.55 bits per heavy atom. The first-order valence-corrected chi connectivity index (χ1v) is 7.33. The second-order valence-corrected chi connectivity index (χ2v) is 5.78. The van der Waals surface area contributed by atoms with Crippen molar-refractivity contribution in [1.82, 2.24) is 19.7 Å². The van der Waals surface area contributed by atoms with Crippen LogP contribution in [0.25, 0.3) is 0 Å². The van der Waals surface area contributed by atoms with E-state index in [1.165, 1.54) is 0 Å². The summed E-state index contributed by atoms with van der Waals surface area (Å²) in [5, 5.41) is 7.06. The van der Waals surface area contributed by atoms with Crippen molar-refractivity contribution in [2.24, 2.45) is 7.05 Å². The van der Waals surface area contributed by atoms with E-state index < -0.39 is 0 Å². The van der Waals surface area contributed by atoms with Gasteiger partial charge in [0.25, 0.3) is 5.91 Å². The van der Waals surface area contributed by atoms with Crippen LogP contribution in [0.4, 0.5) is 0 Å². The number of aromatic nitrogens is 3. The first kappa shape index (κ1) is 13.3. The van der Waals surface area contributed by atoms with Crippen LogP contribution in [0.5, 0.6) is 0 Å². The first-order valence-electron chi connectivity index (χ1n) is 6.45. The third-order valence-electron chi connectivity index (χ3n) is 3.41. The molecule has 0 spiro atoms. The minimum absolute atomic E-state index is 0.0241. The zero-order valence-electron chi connectivity index (χ0n) is 11.4. The highest BCUT2D eigenvalue weighted by atomic mass is 32.1. The van der Waals surface area contributed by atoms with E-state index in [0.717, 1.165) is 10.7 Å². The highest BCUT2D eigenvalue weighted by Gasteiger charge is 2.31. The van der Waals surface area contributed by atoms with Gasteiger partial charge < -0.3 is 9.64 Å². The summed E-state index contributed by atoms with van der Waals surface area (Å²) in [6.45, 7) is 3.59. The van der Waals surface area contributed by atoms with Crippen molar-refractivity contribution < 1.29 is 9.53 Å². The third-order valence-corrected chi connectivity index (χ3v) is 4.20. The van der Waals surface area contributed by atoms with Gasteiger partial charge in [-0.15, -0.1) is 11.3 Å². The van der Waals surface area contributed by atoms with Gasteiger partial charge in [-0.25, -0.2) is 4.98 Å². The molecule has 106 valence electrons. The Bertz CT molecular complexity index is 621. The first-order chi connectivity index (χ1) is 9.66. The molecule has 0 aromatic carbocycles. The van der Waals surface area contributed by atoms with E-state index in [1.54, 1.807) is 35.3 Å². The van der Waals surface area contributed by atoms with Crippen LogP contribution < -0.4 is 0 Å². The largest absolute Gasteiger partial charge is 0.377 e. The minimum Gasteiger partial charge on any atom is -0.377 e. The lowest BCUT2D eigenvalue weighted by molar-refractivity contribution is -0.00432. The number of rotatable bonds is 2. The third kappa shape index (κ3) is 2.34. The van der Waals surface area contributed by atoms with Crippen molar-refractivity contribution in [1.29, 1.82) is 0 Å². The fraction of sp³-hybridized carbons (Fsp3) is 0.462. The summed E-state index contributed by atoms with van der Waals surface area (Å²) in [7, 11) is 1.77. The molecule has 0 saturated carbocycles. The number of hydrogen-bond acceptors (Lipinski definition) is 5. The number of hydrogen-bond donors (Lipinski definition) is 0. The van der Waals surface area contributed by atoms with Crippen molar-refractivity contribution >= 4 is 17.2 Å². The number of nitrogens with zero attached hydrogens (tertiary/aromatic N) is 4. The number of amides is 1. The SMILES string of the molecule is Cc1nc([C@@H]2COCCN2C(=O)c2ccnn2C)cs1. The van der Waals surface area contributed by atoms with E-state index in [-0.39, 0.29) is 11.9 Å². The fourth-order valence-corrected chi connectivity index (χ4v) is 3.02. The Hall–Kier alpha value is -1.73. The predicted octanol–water partition coefficient (Wildman–Crippen LogP) is 1.40. The van der Waals surface area contributed by atoms with Crippen LogP contribution in [0.3, 0.4) is 0 Å². The standard InChI is InChI=1S/C13H16N4O2S/c1-9-15-10(8-20-9)12-7-19-6-5-17(12)13(18)11-3-4-14-16(11)2/h3-4,8,12H,5-7H2,1-2H3/t12-/m0/s1. The molecule has 6 nitrogen and oxygen atoms in total. The molecule has 0 aliphatic carbocycles. The molecule has 0 radical (unpaired) electrons. The second kappa shape index (κ2) is 5.34. The molecule has 1 saturated heterocycles. The summed E-state index contributed by atoms with van der Waals surface area (Å²) in [5.41, 5.74) is 1.49. The van der Waals surface area contributed by atoms with Gasteiger partial charge in [0.15, 0.2) is 0 Å². The molecule has 0 bridgehead atoms. The van der Waals surface area contributed by atoms with Crippen LogP contribution in [-0.2, 0) is 11.8 Å². The predicted molar refractivity (Wildman–Crippen MR) is 74.7 cm³/mol. The molecule has 2 aromatic rings. The van der Waals surface area contributed by atoms with Crippen LogP contribution in [0, 0.1) is 6.92 Å². The maximum atomic E-state index is 12.7. The molecule has 7 heteroatoms. The topological polar surface area (TPSA) is 60.2 Å². The smallest absolute Gasteiger partial charge is 0.272 e. The molecule has 1 amide bonds. The Labute approximate surface area is 121 Å². The molecule has 1 aliphatic heterocycles. The summed E-state index contributed by atoms with van der Waals surface area (Å²) in [6.07, 6.45) is 1.63. The Kier molecular flexibility index (Phi) is 3.54. The molecule has 2 aromatic heterocycles. The van der Waals surface area contributed by atoms with E-state index >= 15 is 0 Å². The van der Waals surface area contributed by atoms with E-state index in [4.69, 9.17) is 4.74 Å². The summed E-state index contributed by atoms with van der Waals surface area (Å²) in [4.78, 5) is 19.0. The van der Waals surface area contributed by atoms with Gasteiger partial charge in [-0.2, -0.15) is 5.10 Å². The van der Waals surface area contributed by atoms with Gasteiger partial charge in [-0.3, -0.25) is 9.48 Å². The van der Waals surface area contributed by atoms with Crippen molar-refractivity contribution in [2.75, 3.05) is 19.8 Å². The second-order valence-electron chi connectivity index (χ2n) is 4.72. The summed E-state index contributed by atoms with van der Waals surface area (Å²) in [6, 6.07) is 1.62. The van der Waals surface area contributed by atoms with E-state index in [0.29, 0.717) is 25.5 Å². The molecular formula is C13H16N4O2S. The van der Waals surface area contributed by atoms with Crippen molar-refractivity contribution in [3.8, 4) is 0 Å². The quantitative estimate of drug-likeness (QED) is 0.839. The summed E-state index contributed by atoms with van der Waals surface area (Å²) < 4.78 is 7.12. The number of morpholine rings is 1. The van der Waals surface area contributed by atoms with Crippen molar-refractivity contribution in [2.45, 2.75) is 13.0 Å². The summed E-state index contributed by atoms with van der Waals surface area (Å²) in [5.74, 6) is -0.0241. The zero-order valence-corrected chi connectivity index (χ0v) is 12.3. The normalized spacial score (nSPS) is 19.3. The molecule has 1 aliphatic rings. The Morgan fingerprint density at radius 2 is 2.40 bits per heavy atom. The molecule has 1 fully saturated rings. The minimum atomic E-state index is -0.115. The number of ether oxygens (including phenoxy) is 1. The van der Waals surface area contributed by atoms with Gasteiger partial charge >= 0.3 is 0 Å². The maximum Gasteiger partial charge on any atom is 0.272 e. The van der Waals surface area contributed by atoms with E-state index in [2.05, 4.69) is 10.1 Å². The average molecular weight is 292 g/mol. The van der Waals surface area contributed by atoms with E-state index in [1.807, 2.05) is 17.2 Å². The average Bonchev–Trinajstić information content (AvgIpc) is 3.07. The number of thiazole rings is 1. The zero-order chi connectivity index (χ0) is 14.1. The van der Waals surface area contributed by atoms with Crippen LogP contribution in [0.1, 0.15) is 27.2 Å². The van der Waals surface area contributed by atoms with Crippen LogP contribution >= 0.6 is 11.3 Å². The lowest BCUT2D eigenvalue weighted by Gasteiger charge is -2.34. The van der Waals surface area contributed by atoms with Crippen LogP contribution in [-0.4, -0.2) is 45.3 Å². The number of aryl methyl sites for hydroxylation is 2. The molecule has 20 heavy (non-hydrogen) atoms. The molecule has 1 atom stereocenters. The lowest BCUT2D eigenvalue weighted by Crippen LogP contribution is -2.44. The van der Waals surface area contributed by atoms with E-state index in [9.17, 15) is 4.79 Å². The fourth-order valence-electron chi connectivity index (χ4n) is 2.36. The molecule has 0 unspecified atom stereocenters. The number of carbonyl (C=O) groups excluding carboxylic acids is 1. The number of carbonyl (C=O) groups is 1. The van der Waals surface area contributed by atoms with Gasteiger partial charge in [-0.05, 0) is 13.0 Å². The lowest BCUT2D eigenvalue weighted by atomic mass is 10.1. The summed E-state index contributed by atoms with van der Waals surface area (Å²) >= 11 is 1.59. The van der Waals surface area contributed by atoms with Gasteiger partial charge in [0.2, 0.25) is 0 Å². The van der Waals surface area contributed by atoms with Gasteiger partial charge in [-0.1, -0.05) is 0 Å². The van der Waals surface area contributed by atoms with Crippen molar-refractivity contribution in [3.63, 3.8) is 0 Å². The van der Waals surface area contributed by atoms with Crippen LogP contribution in [0.15, 0.2) is 17.6 Å². The highest BCUT2D eigenvalue weighted by molar-refractivity contribution is 7.09. The van der Waals surface area contributed by atoms with Crippen LogP contribution in [0.2, 0.25) is 0 Å². The molecule has 3 rings (SSSR count). The Morgan fingerprint density at radius 3 is 3.05 bits per heavy atom.